The third-order valence-electron chi connectivity index (χ3n) is 14.4. The van der Waals surface area contributed by atoms with Crippen molar-refractivity contribution in [3.05, 3.63) is 246 Å². The standard InChI is InChI=1S/C62H46N2O.U/c1-39-14-3-9-25-53(39)63(46-20-11-19-45(38-46)48-23-12-18-41-16-5-7-21-47(41)48)55-35-30-43-29-34-51-56(36-31-44-28-33-50(55)59(43)60(44)51)64(54-26-10-4-15-40(54)2)57-27-13-24-52-61-49-22-8-6-17-42(49)32-37-58(61)65-62(52)57;/h3-4,6-15,17-37,48,52,62H,5,16H2,1-2H3;/q-2;+2. The molecule has 0 N–H and O–H groups in total. The summed E-state index contributed by atoms with van der Waals surface area (Å²) in [7, 11) is 0. The van der Waals surface area contributed by atoms with Gasteiger partial charge in [-0.3, -0.25) is 0 Å². The molecule has 9 aromatic rings. The molecule has 13 rings (SSSR count). The molecular weight excluding hydrogens is 1030 g/mol. The molecule has 3 aliphatic carbocycles. The number of fused-ring (bicyclic) bond motifs is 5. The van der Waals surface area contributed by atoms with E-state index >= 15 is 0 Å². The van der Waals surface area contributed by atoms with Crippen molar-refractivity contribution in [2.24, 2.45) is 0 Å². The average molecular weight is 1070 g/mol. The van der Waals surface area contributed by atoms with Gasteiger partial charge in [-0.2, -0.15) is 23.8 Å². The van der Waals surface area contributed by atoms with Gasteiger partial charge in [-0.25, -0.2) is 18.6 Å². The molecule has 4 aliphatic rings. The molecule has 1 aliphatic heterocycles. The van der Waals surface area contributed by atoms with Gasteiger partial charge in [0.15, 0.2) is 0 Å². The fourth-order valence-corrected chi connectivity index (χ4v) is 11.3. The van der Waals surface area contributed by atoms with Gasteiger partial charge in [-0.1, -0.05) is 145 Å². The smallest absolute Gasteiger partial charge is 0.483 e. The fourth-order valence-electron chi connectivity index (χ4n) is 11.3. The van der Waals surface area contributed by atoms with E-state index in [1.165, 1.54) is 76.5 Å². The largest absolute Gasteiger partial charge is 2.00 e. The normalized spacial score (nSPS) is 18.2. The summed E-state index contributed by atoms with van der Waals surface area (Å²) in [5.41, 5.74) is 14.4. The molecule has 0 aromatic heterocycles. The number of ether oxygens (including phenoxy) is 1. The van der Waals surface area contributed by atoms with Gasteiger partial charge < -0.3 is 14.5 Å². The van der Waals surface area contributed by atoms with Gasteiger partial charge in [0.05, 0.1) is 17.1 Å². The van der Waals surface area contributed by atoms with Crippen LogP contribution in [0.2, 0.25) is 0 Å². The SMILES string of the molecule is Cc1ccccc1N(C1=CC=CC2c3c(ccc4ccccc34)OC12)c1ccc2ccc3c(N(c4[c-]c(C5[CH-]C=CC6=C5C=CCC6)ccc4)c4ccccc4C)ccc4ccc1c2c43.[U+2]. The summed E-state index contributed by atoms with van der Waals surface area (Å²) in [6, 6.07) is 59.8. The maximum absolute atomic E-state index is 7.05. The van der Waals surface area contributed by atoms with Crippen molar-refractivity contribution in [2.75, 3.05) is 9.80 Å². The van der Waals surface area contributed by atoms with Crippen LogP contribution in [-0.4, -0.2) is 6.10 Å². The van der Waals surface area contributed by atoms with Crippen molar-refractivity contribution < 1.29 is 35.9 Å². The first-order chi connectivity index (χ1) is 32.1. The Morgan fingerprint density at radius 3 is 2.03 bits per heavy atom. The second-order valence-corrected chi connectivity index (χ2v) is 18.0. The number of aryl methyl sites for hydroxylation is 2. The Labute approximate surface area is 410 Å². The van der Waals surface area contributed by atoms with Gasteiger partial charge in [0.2, 0.25) is 0 Å². The molecule has 3 atom stereocenters. The van der Waals surface area contributed by atoms with E-state index in [0.29, 0.717) is 0 Å². The van der Waals surface area contributed by atoms with Gasteiger partial charge in [-0.15, -0.1) is 11.6 Å². The number of hydrogen-bond acceptors (Lipinski definition) is 3. The Morgan fingerprint density at radius 1 is 0.606 bits per heavy atom. The van der Waals surface area contributed by atoms with E-state index < -0.39 is 0 Å². The van der Waals surface area contributed by atoms with E-state index in [4.69, 9.17) is 4.74 Å². The molecule has 66 heavy (non-hydrogen) atoms. The Kier molecular flexibility index (Phi) is 10.1. The molecule has 9 aromatic carbocycles. The fraction of sp³-hybridized carbons (Fsp3) is 0.113. The number of allylic oxidation sites excluding steroid dienone is 8. The number of benzene rings is 9. The monoisotopic (exact) mass is 1070 g/mol. The summed E-state index contributed by atoms with van der Waals surface area (Å²) < 4.78 is 7.05. The molecule has 3 unspecified atom stereocenters. The topological polar surface area (TPSA) is 15.7 Å². The number of nitrogens with zero attached hydrogens (tertiary/aromatic N) is 2. The summed E-state index contributed by atoms with van der Waals surface area (Å²) in [6.07, 6.45) is 20.3. The number of hydrogen-bond donors (Lipinski definition) is 0. The molecule has 0 radical (unpaired) electrons. The third kappa shape index (κ3) is 6.41. The molecule has 0 fully saturated rings. The third-order valence-corrected chi connectivity index (χ3v) is 14.4. The van der Waals surface area contributed by atoms with Crippen LogP contribution in [0.3, 0.4) is 0 Å². The zero-order chi connectivity index (χ0) is 43.2. The Balaban J connectivity index is 0.00000456. The van der Waals surface area contributed by atoms with Crippen LogP contribution in [0.4, 0.5) is 28.4 Å². The Bertz CT molecular complexity index is 3570. The van der Waals surface area contributed by atoms with E-state index in [1.54, 1.807) is 0 Å². The summed E-state index contributed by atoms with van der Waals surface area (Å²) in [6.45, 7) is 4.43. The predicted octanol–water partition coefficient (Wildman–Crippen LogP) is 16.3. The molecule has 314 valence electrons. The van der Waals surface area contributed by atoms with E-state index in [0.717, 1.165) is 52.7 Å². The van der Waals surface area contributed by atoms with Crippen molar-refractivity contribution in [3.63, 3.8) is 0 Å². The van der Waals surface area contributed by atoms with Crippen LogP contribution in [0.25, 0.3) is 43.1 Å². The second-order valence-electron chi connectivity index (χ2n) is 18.0. The van der Waals surface area contributed by atoms with Crippen LogP contribution >= 0.6 is 0 Å². The number of para-hydroxylation sites is 2. The summed E-state index contributed by atoms with van der Waals surface area (Å²) in [5, 5.41) is 9.86. The van der Waals surface area contributed by atoms with E-state index in [1.807, 2.05) is 0 Å². The van der Waals surface area contributed by atoms with Gasteiger partial charge >= 0.3 is 31.1 Å². The zero-order valence-corrected chi connectivity index (χ0v) is 41.2. The van der Waals surface area contributed by atoms with Crippen molar-refractivity contribution in [1.82, 2.24) is 0 Å². The molecule has 0 saturated heterocycles. The predicted molar refractivity (Wildman–Crippen MR) is 272 cm³/mol. The first-order valence-electron chi connectivity index (χ1n) is 23.0. The quantitative estimate of drug-likeness (QED) is 0.117. The Hall–Kier alpha value is -6.70. The molecule has 4 heteroatoms. The van der Waals surface area contributed by atoms with Crippen molar-refractivity contribution in [3.8, 4) is 5.75 Å². The maximum atomic E-state index is 7.05. The summed E-state index contributed by atoms with van der Waals surface area (Å²) >= 11 is 0. The molecule has 1 heterocycles. The number of anilines is 5. The number of rotatable bonds is 7. The molecule has 0 amide bonds. The van der Waals surface area contributed by atoms with Crippen LogP contribution < -0.4 is 14.5 Å². The summed E-state index contributed by atoms with van der Waals surface area (Å²) in [4.78, 5) is 4.92. The van der Waals surface area contributed by atoms with Gasteiger partial charge in [0, 0.05) is 33.6 Å². The minimum atomic E-state index is -0.195. The van der Waals surface area contributed by atoms with Crippen LogP contribution in [0.15, 0.2) is 211 Å². The second kappa shape index (κ2) is 16.3. The van der Waals surface area contributed by atoms with Crippen LogP contribution in [0.5, 0.6) is 5.75 Å². The average Bonchev–Trinajstić information content (AvgIpc) is 3.75. The molecule has 0 bridgehead atoms. The van der Waals surface area contributed by atoms with Crippen LogP contribution in [-0.2, 0) is 0 Å². The van der Waals surface area contributed by atoms with Crippen LogP contribution in [0.1, 0.15) is 46.9 Å². The molecule has 0 spiro atoms. The van der Waals surface area contributed by atoms with E-state index in [9.17, 15) is 0 Å². The first kappa shape index (κ1) is 40.8. The first-order valence-corrected chi connectivity index (χ1v) is 23.0. The minimum absolute atomic E-state index is 0. The maximum Gasteiger partial charge on any atom is 2.00 e. The molecule has 3 nitrogen and oxygen atoms in total. The van der Waals surface area contributed by atoms with Crippen molar-refractivity contribution in [1.29, 1.82) is 0 Å². The Morgan fingerprint density at radius 2 is 1.27 bits per heavy atom. The van der Waals surface area contributed by atoms with Gasteiger partial charge in [0.1, 0.15) is 11.9 Å². The molecule has 0 saturated carbocycles. The molecular formula is C62H46N2OU. The van der Waals surface area contributed by atoms with E-state index in [-0.39, 0.29) is 49.1 Å². The zero-order valence-electron chi connectivity index (χ0n) is 37.0. The van der Waals surface area contributed by atoms with Gasteiger partial charge in [0.25, 0.3) is 0 Å². The minimum Gasteiger partial charge on any atom is -0.483 e. The van der Waals surface area contributed by atoms with Crippen molar-refractivity contribution in [2.45, 2.75) is 44.6 Å². The van der Waals surface area contributed by atoms with Crippen molar-refractivity contribution >= 4 is 71.5 Å². The summed E-state index contributed by atoms with van der Waals surface area (Å²) in [5.74, 6) is 1.21. The van der Waals surface area contributed by atoms with Gasteiger partial charge in [-0.05, 0) is 107 Å². The van der Waals surface area contributed by atoms with E-state index in [2.05, 4.69) is 230 Å². The van der Waals surface area contributed by atoms with Crippen LogP contribution in [0, 0.1) is 57.4 Å².